The average Bonchev–Trinajstić information content (AvgIpc) is 4.17. The number of furan rings is 4. The van der Waals surface area contributed by atoms with Gasteiger partial charge in [0.05, 0.1) is 16.8 Å². The van der Waals surface area contributed by atoms with Crippen molar-refractivity contribution in [3.05, 3.63) is 217 Å². The van der Waals surface area contributed by atoms with E-state index in [1.807, 2.05) is 24.3 Å². The van der Waals surface area contributed by atoms with Gasteiger partial charge in [-0.2, -0.15) is 0 Å². The molecule has 6 nitrogen and oxygen atoms in total. The molecule has 0 aliphatic carbocycles. The number of aryl methyl sites for hydroxylation is 2. The standard InChI is InChI=1S/C64H40N2O4/c1-37-13-3-7-19-52(37)65(54-21-11-17-47-45-15-5-9-23-56(45)68-62(47)54)43-27-25-39-33-50-49-29-30-58-61(64(49)70-59(50)35-41(39)31-43)51-34-40-26-28-44(32-42(40)36-60(51)67-58)66(53-20-8-4-14-38(53)2)55-22-12-18-48-46-16-6-10-24-57(46)69-63(48)55/h3-36H,1-2H3. The topological polar surface area (TPSA) is 59.0 Å². The number of rotatable bonds is 6. The number of para-hydroxylation sites is 6. The van der Waals surface area contributed by atoms with E-state index in [9.17, 15) is 0 Å². The van der Waals surface area contributed by atoms with Gasteiger partial charge in [-0.3, -0.25) is 0 Å². The fourth-order valence-electron chi connectivity index (χ4n) is 11.1. The Hall–Kier alpha value is -9.26. The molecule has 0 saturated heterocycles. The van der Waals surface area contributed by atoms with E-state index in [-0.39, 0.29) is 0 Å². The van der Waals surface area contributed by atoms with E-state index in [1.54, 1.807) is 0 Å². The molecule has 0 amide bonds. The fraction of sp³-hybridized carbons (Fsp3) is 0.0312. The van der Waals surface area contributed by atoms with Gasteiger partial charge in [0, 0.05) is 60.5 Å². The van der Waals surface area contributed by atoms with E-state index in [2.05, 4.69) is 206 Å². The van der Waals surface area contributed by atoms with Crippen molar-refractivity contribution in [2.45, 2.75) is 13.8 Å². The Labute approximate surface area is 400 Å². The van der Waals surface area contributed by atoms with Gasteiger partial charge in [0.2, 0.25) is 0 Å². The summed E-state index contributed by atoms with van der Waals surface area (Å²) in [5.74, 6) is 0. The van der Waals surface area contributed by atoms with Crippen LogP contribution in [0.5, 0.6) is 0 Å². The summed E-state index contributed by atoms with van der Waals surface area (Å²) in [6.45, 7) is 4.32. The van der Waals surface area contributed by atoms with E-state index in [1.165, 1.54) is 0 Å². The highest BCUT2D eigenvalue weighted by atomic mass is 16.3. The minimum atomic E-state index is 0.788. The molecule has 15 aromatic rings. The molecule has 330 valence electrons. The van der Waals surface area contributed by atoms with Gasteiger partial charge in [0.25, 0.3) is 0 Å². The minimum absolute atomic E-state index is 0.788. The summed E-state index contributed by atoms with van der Waals surface area (Å²) in [7, 11) is 0. The van der Waals surface area contributed by atoms with Gasteiger partial charge >= 0.3 is 0 Å². The molecule has 0 aliphatic heterocycles. The number of nitrogens with zero attached hydrogens (tertiary/aromatic N) is 2. The zero-order valence-electron chi connectivity index (χ0n) is 38.2. The van der Waals surface area contributed by atoms with Gasteiger partial charge < -0.3 is 27.5 Å². The second-order valence-electron chi connectivity index (χ2n) is 18.5. The van der Waals surface area contributed by atoms with E-state index in [0.29, 0.717) is 0 Å². The average molecular weight is 901 g/mol. The van der Waals surface area contributed by atoms with Crippen molar-refractivity contribution in [3.8, 4) is 0 Å². The first kappa shape index (κ1) is 38.8. The van der Waals surface area contributed by atoms with Crippen LogP contribution >= 0.6 is 0 Å². The van der Waals surface area contributed by atoms with Crippen molar-refractivity contribution in [2.75, 3.05) is 9.80 Å². The SMILES string of the molecule is Cc1ccccc1N(c1ccc2cc3c(cc2c1)oc1c3ccc2oc3cc4cc(N(c5ccccc5C)c5cccc6c5oc5ccccc56)ccc4cc3c21)c1cccc2c1oc1ccccc12. The lowest BCUT2D eigenvalue weighted by Crippen LogP contribution is -2.11. The molecular weight excluding hydrogens is 861 g/mol. The molecule has 0 saturated carbocycles. The van der Waals surface area contributed by atoms with Crippen molar-refractivity contribution in [1.29, 1.82) is 0 Å². The molecule has 15 rings (SSSR count). The van der Waals surface area contributed by atoms with Gasteiger partial charge in [-0.15, -0.1) is 0 Å². The molecule has 0 unspecified atom stereocenters. The molecule has 4 heterocycles. The quantitative estimate of drug-likeness (QED) is 0.166. The van der Waals surface area contributed by atoms with Crippen LogP contribution in [0.25, 0.3) is 109 Å². The smallest absolute Gasteiger partial charge is 0.159 e. The first-order valence-electron chi connectivity index (χ1n) is 23.7. The van der Waals surface area contributed by atoms with Crippen molar-refractivity contribution >= 4 is 143 Å². The summed E-state index contributed by atoms with van der Waals surface area (Å²) in [5, 5.41) is 12.9. The fourth-order valence-corrected chi connectivity index (χ4v) is 11.1. The highest BCUT2D eigenvalue weighted by Crippen LogP contribution is 2.48. The number of benzene rings is 11. The first-order valence-corrected chi connectivity index (χ1v) is 23.7. The van der Waals surface area contributed by atoms with E-state index < -0.39 is 0 Å². The summed E-state index contributed by atoms with van der Waals surface area (Å²) in [6, 6.07) is 72.8. The summed E-state index contributed by atoms with van der Waals surface area (Å²) < 4.78 is 26.9. The van der Waals surface area contributed by atoms with Crippen molar-refractivity contribution in [2.24, 2.45) is 0 Å². The van der Waals surface area contributed by atoms with Crippen LogP contribution < -0.4 is 9.80 Å². The predicted octanol–water partition coefficient (Wildman–Crippen LogP) is 19.1. The molecule has 0 atom stereocenters. The number of hydrogen-bond acceptors (Lipinski definition) is 6. The molecule has 0 N–H and O–H groups in total. The Morgan fingerprint density at radius 2 is 0.729 bits per heavy atom. The molecule has 4 aromatic heterocycles. The summed E-state index contributed by atoms with van der Waals surface area (Å²) >= 11 is 0. The Morgan fingerprint density at radius 1 is 0.271 bits per heavy atom. The maximum atomic E-state index is 6.94. The second-order valence-corrected chi connectivity index (χ2v) is 18.5. The van der Waals surface area contributed by atoms with Crippen LogP contribution in [0, 0.1) is 13.8 Å². The van der Waals surface area contributed by atoms with E-state index in [0.717, 1.165) is 155 Å². The van der Waals surface area contributed by atoms with Crippen molar-refractivity contribution in [1.82, 2.24) is 0 Å². The third-order valence-corrected chi connectivity index (χ3v) is 14.4. The van der Waals surface area contributed by atoms with Crippen LogP contribution in [0.1, 0.15) is 11.1 Å². The lowest BCUT2D eigenvalue weighted by Gasteiger charge is -2.27. The lowest BCUT2D eigenvalue weighted by molar-refractivity contribution is 0.663. The third-order valence-electron chi connectivity index (χ3n) is 14.4. The molecule has 0 bridgehead atoms. The van der Waals surface area contributed by atoms with Crippen LogP contribution in [0.4, 0.5) is 34.1 Å². The second kappa shape index (κ2) is 14.6. The summed E-state index contributed by atoms with van der Waals surface area (Å²) in [4.78, 5) is 4.63. The molecule has 0 spiro atoms. The Bertz CT molecular complexity index is 4660. The predicted molar refractivity (Wildman–Crippen MR) is 289 cm³/mol. The Kier molecular flexibility index (Phi) is 8.10. The zero-order valence-corrected chi connectivity index (χ0v) is 38.2. The molecule has 11 aromatic carbocycles. The Morgan fingerprint density at radius 3 is 1.30 bits per heavy atom. The van der Waals surface area contributed by atoms with Crippen LogP contribution in [0.3, 0.4) is 0 Å². The lowest BCUT2D eigenvalue weighted by atomic mass is 10.0. The van der Waals surface area contributed by atoms with E-state index >= 15 is 0 Å². The van der Waals surface area contributed by atoms with Crippen LogP contribution in [0.15, 0.2) is 224 Å². The zero-order chi connectivity index (χ0) is 46.2. The summed E-state index contributed by atoms with van der Waals surface area (Å²) in [5.41, 5.74) is 15.2. The monoisotopic (exact) mass is 900 g/mol. The number of hydrogen-bond donors (Lipinski definition) is 0. The Balaban J connectivity index is 0.868. The molecule has 0 radical (unpaired) electrons. The van der Waals surface area contributed by atoms with Gasteiger partial charge in [-0.25, -0.2) is 0 Å². The highest BCUT2D eigenvalue weighted by Gasteiger charge is 2.24. The molecule has 6 heteroatoms. The minimum Gasteiger partial charge on any atom is -0.456 e. The van der Waals surface area contributed by atoms with Gasteiger partial charge in [-0.05, 0) is 144 Å². The van der Waals surface area contributed by atoms with Crippen molar-refractivity contribution < 1.29 is 17.7 Å². The van der Waals surface area contributed by atoms with Crippen LogP contribution in [0.2, 0.25) is 0 Å². The van der Waals surface area contributed by atoms with Crippen molar-refractivity contribution in [3.63, 3.8) is 0 Å². The van der Waals surface area contributed by atoms with Crippen LogP contribution in [-0.2, 0) is 0 Å². The van der Waals surface area contributed by atoms with Crippen LogP contribution in [-0.4, -0.2) is 0 Å². The molecule has 70 heavy (non-hydrogen) atoms. The van der Waals surface area contributed by atoms with E-state index in [4.69, 9.17) is 17.7 Å². The maximum Gasteiger partial charge on any atom is 0.159 e. The number of anilines is 6. The molecular formula is C64H40N2O4. The highest BCUT2D eigenvalue weighted by molar-refractivity contribution is 6.24. The third kappa shape index (κ3) is 5.68. The molecule has 0 fully saturated rings. The maximum absolute atomic E-state index is 6.94. The first-order chi connectivity index (χ1) is 34.5. The molecule has 0 aliphatic rings. The largest absolute Gasteiger partial charge is 0.456 e. The normalized spacial score (nSPS) is 12.1. The van der Waals surface area contributed by atoms with Gasteiger partial charge in [0.15, 0.2) is 11.2 Å². The van der Waals surface area contributed by atoms with Gasteiger partial charge in [0.1, 0.15) is 33.5 Å². The summed E-state index contributed by atoms with van der Waals surface area (Å²) in [6.07, 6.45) is 0. The van der Waals surface area contributed by atoms with Gasteiger partial charge in [-0.1, -0.05) is 109 Å². The number of fused-ring (bicyclic) bond motifs is 15.